The summed E-state index contributed by atoms with van der Waals surface area (Å²) in [5.41, 5.74) is -2.13. The van der Waals surface area contributed by atoms with Crippen molar-refractivity contribution in [1.29, 1.82) is 0 Å². The maximum Gasteiger partial charge on any atom is 0.573 e. The fourth-order valence-electron chi connectivity index (χ4n) is 1.92. The van der Waals surface area contributed by atoms with Crippen molar-refractivity contribution in [1.82, 2.24) is 9.97 Å². The first-order valence-corrected chi connectivity index (χ1v) is 6.39. The highest BCUT2D eigenvalue weighted by atomic mass is 19.4. The Bertz CT molecular complexity index is 732. The van der Waals surface area contributed by atoms with Gasteiger partial charge in [-0.2, -0.15) is 0 Å². The maximum absolute atomic E-state index is 12.5. The van der Waals surface area contributed by atoms with Crippen LogP contribution in [-0.4, -0.2) is 32.5 Å². The van der Waals surface area contributed by atoms with Crippen molar-refractivity contribution in [3.63, 3.8) is 0 Å². The van der Waals surface area contributed by atoms with E-state index in [0.717, 1.165) is 12.1 Å². The lowest BCUT2D eigenvalue weighted by molar-refractivity contribution is -0.274. The van der Waals surface area contributed by atoms with Gasteiger partial charge in [0.1, 0.15) is 5.69 Å². The quantitative estimate of drug-likeness (QED) is 0.801. The number of hydrogen-bond acceptors (Lipinski definition) is 4. The van der Waals surface area contributed by atoms with Crippen LogP contribution < -0.4 is 4.74 Å². The summed E-state index contributed by atoms with van der Waals surface area (Å²) >= 11 is 0. The average molecular weight is 330 g/mol. The SMILES string of the molecule is CC(C)(O)c1cc(C(=O)O)c(-c2ncccc2OC(F)(F)F)[nH]1. The van der Waals surface area contributed by atoms with E-state index in [-0.39, 0.29) is 22.6 Å². The number of alkyl halides is 3. The first-order chi connectivity index (χ1) is 10.5. The normalized spacial score (nSPS) is 12.3. The van der Waals surface area contributed by atoms with Gasteiger partial charge < -0.3 is 19.9 Å². The molecule has 2 aromatic heterocycles. The number of pyridine rings is 1. The van der Waals surface area contributed by atoms with Crippen LogP contribution in [0.15, 0.2) is 24.4 Å². The third kappa shape index (κ3) is 3.81. The molecular formula is C14H13F3N2O4. The van der Waals surface area contributed by atoms with Crippen LogP contribution in [0.2, 0.25) is 0 Å². The minimum Gasteiger partial charge on any atom is -0.478 e. The topological polar surface area (TPSA) is 95.4 Å². The highest BCUT2D eigenvalue weighted by Crippen LogP contribution is 2.35. The van der Waals surface area contributed by atoms with Crippen molar-refractivity contribution < 1.29 is 32.9 Å². The van der Waals surface area contributed by atoms with Crippen molar-refractivity contribution in [3.8, 4) is 17.1 Å². The smallest absolute Gasteiger partial charge is 0.478 e. The highest BCUT2D eigenvalue weighted by Gasteiger charge is 2.34. The van der Waals surface area contributed by atoms with Gasteiger partial charge in [0, 0.05) is 11.9 Å². The first kappa shape index (κ1) is 16.8. The van der Waals surface area contributed by atoms with E-state index in [2.05, 4.69) is 14.7 Å². The van der Waals surface area contributed by atoms with Crippen LogP contribution >= 0.6 is 0 Å². The first-order valence-electron chi connectivity index (χ1n) is 6.39. The molecule has 0 fully saturated rings. The Hall–Kier alpha value is -2.55. The zero-order valence-electron chi connectivity index (χ0n) is 12.1. The fraction of sp³-hybridized carbons (Fsp3) is 0.286. The molecule has 3 N–H and O–H groups in total. The zero-order valence-corrected chi connectivity index (χ0v) is 12.1. The molecule has 0 aromatic carbocycles. The van der Waals surface area contributed by atoms with Gasteiger partial charge >= 0.3 is 12.3 Å². The Morgan fingerprint density at radius 1 is 1.35 bits per heavy atom. The van der Waals surface area contributed by atoms with E-state index < -0.39 is 23.7 Å². The van der Waals surface area contributed by atoms with E-state index in [9.17, 15) is 28.2 Å². The summed E-state index contributed by atoms with van der Waals surface area (Å²) in [6, 6.07) is 3.39. The number of halogens is 3. The van der Waals surface area contributed by atoms with E-state index in [0.29, 0.717) is 0 Å². The van der Waals surface area contributed by atoms with Crippen LogP contribution in [0.3, 0.4) is 0 Å². The van der Waals surface area contributed by atoms with Crippen LogP contribution in [0.1, 0.15) is 29.9 Å². The minimum absolute atomic E-state index is 0.119. The van der Waals surface area contributed by atoms with Crippen LogP contribution in [-0.2, 0) is 5.60 Å². The molecule has 2 rings (SSSR count). The van der Waals surface area contributed by atoms with Gasteiger partial charge in [-0.3, -0.25) is 4.98 Å². The number of aromatic nitrogens is 2. The summed E-state index contributed by atoms with van der Waals surface area (Å²) in [6.07, 6.45) is -3.75. The number of aromatic carboxylic acids is 1. The van der Waals surface area contributed by atoms with Crippen LogP contribution in [0.25, 0.3) is 11.4 Å². The fourth-order valence-corrected chi connectivity index (χ4v) is 1.92. The molecule has 9 heteroatoms. The van der Waals surface area contributed by atoms with Crippen molar-refractivity contribution in [2.75, 3.05) is 0 Å². The molecule has 0 radical (unpaired) electrons. The maximum atomic E-state index is 12.5. The van der Waals surface area contributed by atoms with Gasteiger partial charge in [0.05, 0.1) is 16.9 Å². The molecular weight excluding hydrogens is 317 g/mol. The Morgan fingerprint density at radius 3 is 2.52 bits per heavy atom. The Balaban J connectivity index is 2.63. The number of ether oxygens (including phenoxy) is 1. The van der Waals surface area contributed by atoms with Gasteiger partial charge in [-0.25, -0.2) is 4.79 Å². The van der Waals surface area contributed by atoms with E-state index in [4.69, 9.17) is 0 Å². The Kier molecular flexibility index (Phi) is 4.08. The molecule has 6 nitrogen and oxygen atoms in total. The molecule has 0 saturated carbocycles. The van der Waals surface area contributed by atoms with Gasteiger partial charge in [-0.15, -0.1) is 13.2 Å². The number of carboxylic acids is 1. The van der Waals surface area contributed by atoms with Crippen LogP contribution in [0, 0.1) is 0 Å². The molecule has 2 heterocycles. The number of rotatable bonds is 4. The third-order valence-corrected chi connectivity index (χ3v) is 2.94. The van der Waals surface area contributed by atoms with Crippen molar-refractivity contribution in [2.45, 2.75) is 25.8 Å². The number of nitrogens with zero attached hydrogens (tertiary/aromatic N) is 1. The monoisotopic (exact) mass is 330 g/mol. The van der Waals surface area contributed by atoms with Gasteiger partial charge in [0.2, 0.25) is 0 Å². The minimum atomic E-state index is -4.95. The number of carboxylic acid groups (broad SMARTS) is 1. The van der Waals surface area contributed by atoms with E-state index in [1.807, 2.05) is 0 Å². The summed E-state index contributed by atoms with van der Waals surface area (Å²) in [5, 5.41) is 19.2. The molecule has 0 aliphatic heterocycles. The number of nitrogens with one attached hydrogen (secondary N) is 1. The van der Waals surface area contributed by atoms with E-state index in [1.165, 1.54) is 26.1 Å². The van der Waals surface area contributed by atoms with E-state index in [1.54, 1.807) is 0 Å². The molecule has 23 heavy (non-hydrogen) atoms. The summed E-state index contributed by atoms with van der Waals surface area (Å²) < 4.78 is 41.3. The summed E-state index contributed by atoms with van der Waals surface area (Å²) in [4.78, 5) is 17.7. The number of aromatic amines is 1. The molecule has 0 aliphatic carbocycles. The van der Waals surface area contributed by atoms with Crippen molar-refractivity contribution in [3.05, 3.63) is 35.7 Å². The molecule has 0 amide bonds. The molecule has 0 atom stereocenters. The highest BCUT2D eigenvalue weighted by molar-refractivity contribution is 5.95. The number of H-pyrrole nitrogens is 1. The van der Waals surface area contributed by atoms with Gasteiger partial charge in [0.15, 0.2) is 5.75 Å². The standard InChI is InChI=1S/C14H13F3N2O4/c1-13(2,22)9-6-7(12(20)21)10(19-9)11-8(4-3-5-18-11)23-14(15,16)17/h3-6,19,22H,1-2H3,(H,20,21). The predicted octanol–water partition coefficient (Wildman–Crippen LogP) is 2.90. The molecule has 0 spiro atoms. The summed E-state index contributed by atoms with van der Waals surface area (Å²) in [7, 11) is 0. The number of aliphatic hydroxyl groups is 1. The van der Waals surface area contributed by atoms with Gasteiger partial charge in [-0.1, -0.05) is 0 Å². The second kappa shape index (κ2) is 5.58. The molecule has 124 valence electrons. The lowest BCUT2D eigenvalue weighted by Crippen LogP contribution is -2.18. The van der Waals surface area contributed by atoms with Gasteiger partial charge in [-0.05, 0) is 32.0 Å². The number of hydrogen-bond donors (Lipinski definition) is 3. The molecule has 0 bridgehead atoms. The third-order valence-electron chi connectivity index (χ3n) is 2.94. The zero-order chi connectivity index (χ0) is 17.4. The van der Waals surface area contributed by atoms with Crippen LogP contribution in [0.5, 0.6) is 5.75 Å². The average Bonchev–Trinajstić information content (AvgIpc) is 2.82. The second-order valence-electron chi connectivity index (χ2n) is 5.23. The van der Waals surface area contributed by atoms with Crippen molar-refractivity contribution >= 4 is 5.97 Å². The lowest BCUT2D eigenvalue weighted by atomic mass is 10.1. The Labute approximate surface area is 128 Å². The molecule has 2 aromatic rings. The Morgan fingerprint density at radius 2 is 2.00 bits per heavy atom. The summed E-state index contributed by atoms with van der Waals surface area (Å²) in [5.74, 6) is -2.03. The predicted molar refractivity (Wildman–Crippen MR) is 72.9 cm³/mol. The second-order valence-corrected chi connectivity index (χ2v) is 5.23. The molecule has 0 saturated heterocycles. The number of carbonyl (C=O) groups is 1. The van der Waals surface area contributed by atoms with E-state index >= 15 is 0 Å². The lowest BCUT2D eigenvalue weighted by Gasteiger charge is -2.15. The molecule has 0 unspecified atom stereocenters. The van der Waals surface area contributed by atoms with Crippen LogP contribution in [0.4, 0.5) is 13.2 Å². The molecule has 0 aliphatic rings. The van der Waals surface area contributed by atoms with Gasteiger partial charge in [0.25, 0.3) is 0 Å². The van der Waals surface area contributed by atoms with Crippen molar-refractivity contribution in [2.24, 2.45) is 0 Å². The largest absolute Gasteiger partial charge is 0.573 e. The summed E-state index contributed by atoms with van der Waals surface area (Å²) in [6.45, 7) is 2.81.